The Kier molecular flexibility index (Phi) is 7.33. The zero-order chi connectivity index (χ0) is 25.8. The zero-order valence-electron chi connectivity index (χ0n) is 20.1. The predicted molar refractivity (Wildman–Crippen MR) is 128 cm³/mol. The predicted octanol–water partition coefficient (Wildman–Crippen LogP) is 2.63. The highest BCUT2D eigenvalue weighted by Crippen LogP contribution is 2.25. The molecule has 10 heteroatoms. The van der Waals surface area contributed by atoms with Crippen LogP contribution in [0.1, 0.15) is 57.8 Å². The molecule has 188 valence electrons. The van der Waals surface area contributed by atoms with Crippen LogP contribution in [0.25, 0.3) is 0 Å². The Balaban J connectivity index is 1.28. The van der Waals surface area contributed by atoms with E-state index in [1.165, 1.54) is 19.1 Å². The molecule has 4 amide bonds. The number of amides is 4. The summed E-state index contributed by atoms with van der Waals surface area (Å²) < 4.78 is 9.72. The summed E-state index contributed by atoms with van der Waals surface area (Å²) in [5, 5.41) is 2.92. The SMILES string of the molecule is CCOC(=O)Oc1ccc(C(=O)N2CCC(NC(=O)C(C)N3C(=O)c4ccccc4C3=O)CC2)cc1. The molecule has 1 fully saturated rings. The Bertz CT molecular complexity index is 1150. The lowest BCUT2D eigenvalue weighted by Gasteiger charge is -2.33. The molecule has 0 radical (unpaired) electrons. The largest absolute Gasteiger partial charge is 0.513 e. The van der Waals surface area contributed by atoms with Gasteiger partial charge in [-0.15, -0.1) is 0 Å². The Morgan fingerprint density at radius 1 is 0.972 bits per heavy atom. The average molecular weight is 494 g/mol. The lowest BCUT2D eigenvalue weighted by Crippen LogP contribution is -2.53. The van der Waals surface area contributed by atoms with Crippen LogP contribution in [-0.2, 0) is 9.53 Å². The number of benzene rings is 2. The van der Waals surface area contributed by atoms with Gasteiger partial charge in [0.2, 0.25) is 5.91 Å². The summed E-state index contributed by atoms with van der Waals surface area (Å²) in [6.07, 6.45) is 0.269. The van der Waals surface area contributed by atoms with Gasteiger partial charge in [-0.05, 0) is 63.1 Å². The van der Waals surface area contributed by atoms with Gasteiger partial charge in [-0.25, -0.2) is 4.79 Å². The van der Waals surface area contributed by atoms with Crippen molar-refractivity contribution in [2.24, 2.45) is 0 Å². The van der Waals surface area contributed by atoms with Gasteiger partial charge in [0.1, 0.15) is 11.8 Å². The average Bonchev–Trinajstić information content (AvgIpc) is 3.14. The van der Waals surface area contributed by atoms with Gasteiger partial charge in [0.15, 0.2) is 0 Å². The van der Waals surface area contributed by atoms with Gasteiger partial charge >= 0.3 is 6.16 Å². The van der Waals surface area contributed by atoms with Crippen LogP contribution in [0.3, 0.4) is 0 Å². The van der Waals surface area contributed by atoms with Gasteiger partial charge in [-0.2, -0.15) is 0 Å². The molecular weight excluding hydrogens is 466 g/mol. The maximum atomic E-state index is 12.9. The van der Waals surface area contributed by atoms with Crippen molar-refractivity contribution in [1.29, 1.82) is 0 Å². The van der Waals surface area contributed by atoms with Crippen LogP contribution in [-0.4, -0.2) is 71.4 Å². The van der Waals surface area contributed by atoms with E-state index in [-0.39, 0.29) is 24.3 Å². The number of hydrogen-bond donors (Lipinski definition) is 1. The van der Waals surface area contributed by atoms with Crippen LogP contribution in [0.4, 0.5) is 4.79 Å². The summed E-state index contributed by atoms with van der Waals surface area (Å²) in [5.74, 6) is -1.25. The topological polar surface area (TPSA) is 122 Å². The number of nitrogens with one attached hydrogen (secondary N) is 1. The molecule has 2 aliphatic rings. The molecule has 1 saturated heterocycles. The minimum Gasteiger partial charge on any atom is -0.434 e. The normalized spacial score (nSPS) is 16.4. The van der Waals surface area contributed by atoms with Gasteiger partial charge in [0.05, 0.1) is 17.7 Å². The molecule has 2 aromatic rings. The number of piperidine rings is 1. The smallest absolute Gasteiger partial charge is 0.434 e. The Morgan fingerprint density at radius 2 is 1.56 bits per heavy atom. The van der Waals surface area contributed by atoms with Crippen LogP contribution in [0.5, 0.6) is 5.75 Å². The minimum absolute atomic E-state index is 0.165. The first-order valence-corrected chi connectivity index (χ1v) is 11.8. The molecule has 10 nitrogen and oxygen atoms in total. The number of carbonyl (C=O) groups excluding carboxylic acids is 5. The van der Waals surface area contributed by atoms with E-state index in [0.717, 1.165) is 4.90 Å². The van der Waals surface area contributed by atoms with Crippen molar-refractivity contribution in [1.82, 2.24) is 15.1 Å². The van der Waals surface area contributed by atoms with E-state index in [9.17, 15) is 24.0 Å². The van der Waals surface area contributed by atoms with E-state index in [1.807, 2.05) is 0 Å². The highest BCUT2D eigenvalue weighted by molar-refractivity contribution is 6.22. The third-order valence-corrected chi connectivity index (χ3v) is 6.29. The molecule has 36 heavy (non-hydrogen) atoms. The third kappa shape index (κ3) is 5.07. The molecule has 0 aromatic heterocycles. The van der Waals surface area contributed by atoms with Crippen molar-refractivity contribution in [3.05, 3.63) is 65.2 Å². The van der Waals surface area contributed by atoms with Crippen molar-refractivity contribution < 1.29 is 33.4 Å². The van der Waals surface area contributed by atoms with Crippen LogP contribution in [0, 0.1) is 0 Å². The fourth-order valence-electron chi connectivity index (χ4n) is 4.32. The summed E-state index contributed by atoms with van der Waals surface area (Å²) in [6.45, 7) is 4.28. The number of fused-ring (bicyclic) bond motifs is 1. The number of ether oxygens (including phenoxy) is 2. The van der Waals surface area contributed by atoms with Crippen molar-refractivity contribution in [2.45, 2.75) is 38.8 Å². The maximum Gasteiger partial charge on any atom is 0.513 e. The first kappa shape index (κ1) is 24.9. The maximum absolute atomic E-state index is 12.9. The summed E-state index contributed by atoms with van der Waals surface area (Å²) >= 11 is 0. The Morgan fingerprint density at radius 3 is 2.11 bits per heavy atom. The first-order chi connectivity index (χ1) is 17.3. The monoisotopic (exact) mass is 493 g/mol. The second kappa shape index (κ2) is 10.6. The molecule has 4 rings (SSSR count). The molecule has 0 spiro atoms. The van der Waals surface area contributed by atoms with Gasteiger partial charge in [0, 0.05) is 24.7 Å². The van der Waals surface area contributed by atoms with Crippen LogP contribution in [0.15, 0.2) is 48.5 Å². The van der Waals surface area contributed by atoms with Gasteiger partial charge < -0.3 is 19.7 Å². The van der Waals surface area contributed by atoms with Gasteiger partial charge in [-0.3, -0.25) is 24.1 Å². The molecule has 2 heterocycles. The fraction of sp³-hybridized carbons (Fsp3) is 0.346. The minimum atomic E-state index is -0.951. The summed E-state index contributed by atoms with van der Waals surface area (Å²) in [7, 11) is 0. The first-order valence-electron chi connectivity index (χ1n) is 11.8. The molecule has 1 atom stereocenters. The van der Waals surface area contributed by atoms with Crippen molar-refractivity contribution in [2.75, 3.05) is 19.7 Å². The molecule has 2 aromatic carbocycles. The Hall–Kier alpha value is -4.21. The van der Waals surface area contributed by atoms with Crippen molar-refractivity contribution in [3.63, 3.8) is 0 Å². The highest BCUT2D eigenvalue weighted by atomic mass is 16.7. The quantitative estimate of drug-likeness (QED) is 0.373. The third-order valence-electron chi connectivity index (χ3n) is 6.29. The van der Waals surface area contributed by atoms with E-state index in [2.05, 4.69) is 5.32 Å². The number of rotatable bonds is 6. The fourth-order valence-corrected chi connectivity index (χ4v) is 4.32. The van der Waals surface area contributed by atoms with E-state index >= 15 is 0 Å². The van der Waals surface area contributed by atoms with Crippen LogP contribution < -0.4 is 10.1 Å². The van der Waals surface area contributed by atoms with E-state index in [4.69, 9.17) is 9.47 Å². The van der Waals surface area contributed by atoms with Gasteiger partial charge in [0.25, 0.3) is 17.7 Å². The van der Waals surface area contributed by atoms with Crippen LogP contribution in [0.2, 0.25) is 0 Å². The summed E-state index contributed by atoms with van der Waals surface area (Å²) in [6, 6.07) is 11.6. The van der Waals surface area contributed by atoms with Crippen LogP contribution >= 0.6 is 0 Å². The molecule has 2 aliphatic heterocycles. The number of hydrogen-bond acceptors (Lipinski definition) is 7. The van der Waals surface area contributed by atoms with E-state index < -0.39 is 29.9 Å². The lowest BCUT2D eigenvalue weighted by atomic mass is 10.0. The molecule has 1 N–H and O–H groups in total. The zero-order valence-corrected chi connectivity index (χ0v) is 20.1. The second-order valence-electron chi connectivity index (χ2n) is 8.59. The van der Waals surface area contributed by atoms with Crippen molar-refractivity contribution in [3.8, 4) is 5.75 Å². The summed E-state index contributed by atoms with van der Waals surface area (Å²) in [5.41, 5.74) is 1.05. The Labute approximate surface area is 208 Å². The number of nitrogens with zero attached hydrogens (tertiary/aromatic N) is 2. The molecule has 0 saturated carbocycles. The highest BCUT2D eigenvalue weighted by Gasteiger charge is 2.41. The second-order valence-corrected chi connectivity index (χ2v) is 8.59. The van der Waals surface area contributed by atoms with Crippen molar-refractivity contribution >= 4 is 29.8 Å². The molecule has 0 bridgehead atoms. The number of likely N-dealkylation sites (tertiary alicyclic amines) is 1. The molecular formula is C26H27N3O7. The van der Waals surface area contributed by atoms with E-state index in [0.29, 0.717) is 42.6 Å². The number of imide groups is 1. The van der Waals surface area contributed by atoms with E-state index in [1.54, 1.807) is 48.2 Å². The van der Waals surface area contributed by atoms with Gasteiger partial charge in [-0.1, -0.05) is 12.1 Å². The number of carbonyl (C=O) groups is 5. The molecule has 0 aliphatic carbocycles. The lowest BCUT2D eigenvalue weighted by molar-refractivity contribution is -0.125. The molecule has 1 unspecified atom stereocenters. The standard InChI is InChI=1S/C26H27N3O7/c1-3-35-26(34)36-19-10-8-17(9-11-19)23(31)28-14-12-18(13-15-28)27-22(30)16(2)29-24(32)20-6-4-5-7-21(20)25(29)33/h4-11,16,18H,3,12-15H2,1-2H3,(H,27,30). The summed E-state index contributed by atoms with van der Waals surface area (Å²) in [4.78, 5) is 65.1.